The number of esters is 1. The Morgan fingerprint density at radius 3 is 1.73 bits per heavy atom. The topological polar surface area (TPSA) is 338 Å². The Morgan fingerprint density at radius 1 is 0.640 bits per heavy atom. The SMILES string of the molecule is CO[C@H]1[C@@H](O)[C@H](O[C@@H]2[C@@H](C)O[C@@H](O[C@H]3[C@@H](OC)C[C@H](O[C@H]4[C@@H](OC)C[C@H](O[C@H]5CC[C@@]6(C)C(=CC[C@]7(O)[C@@H]6CC(OC(=O)/C=C/c6ccccc6)[C@@]6(C)[C@]7(O)CC[C@]6(O)C(C)O)C5)O[C@@H]4C)O[C@@H]3C)C[C@H]2OC)O[C@H](C)[C@H]1O[C@@H]1O[C@H](CO)[C@@H](O)[C@H](O)[C@H]1O. The van der Waals surface area contributed by atoms with E-state index < -0.39 is 194 Å². The molecule has 2 unspecified atom stereocenters. The number of carbonyl (C=O) groups excluding carboxylic acids is 1. The Labute approximate surface area is 520 Å². The van der Waals surface area contributed by atoms with E-state index in [9.17, 15) is 50.8 Å². The molecule has 25 nitrogen and oxygen atoms in total. The molecule has 9 aliphatic rings. The van der Waals surface area contributed by atoms with Crippen LogP contribution in [0.5, 0.6) is 0 Å². The lowest BCUT2D eigenvalue weighted by atomic mass is 9.42. The molecule has 0 aromatic heterocycles. The second-order valence-electron chi connectivity index (χ2n) is 26.7. The first-order valence-corrected chi connectivity index (χ1v) is 31.7. The molecule has 1 aromatic rings. The van der Waals surface area contributed by atoms with E-state index >= 15 is 0 Å². The van der Waals surface area contributed by atoms with Crippen molar-refractivity contribution < 1.29 is 122 Å². The van der Waals surface area contributed by atoms with E-state index in [1.54, 1.807) is 41.1 Å². The van der Waals surface area contributed by atoms with Gasteiger partial charge in [-0.2, -0.15) is 0 Å². The average Bonchev–Trinajstić information content (AvgIpc) is 1.61. The van der Waals surface area contributed by atoms with E-state index in [1.807, 2.05) is 50.3 Å². The molecule has 4 aliphatic carbocycles. The van der Waals surface area contributed by atoms with Gasteiger partial charge >= 0.3 is 5.97 Å². The number of benzene rings is 1. The van der Waals surface area contributed by atoms with Crippen molar-refractivity contribution in [3.63, 3.8) is 0 Å². The monoisotopic (exact) mass is 1270 g/mol. The summed E-state index contributed by atoms with van der Waals surface area (Å²) in [5.41, 5.74) is -5.96. The predicted octanol–water partition coefficient (Wildman–Crippen LogP) is 1.82. The number of rotatable bonds is 19. The second-order valence-corrected chi connectivity index (χ2v) is 26.7. The van der Waals surface area contributed by atoms with Gasteiger partial charge in [0.05, 0.1) is 67.0 Å². The van der Waals surface area contributed by atoms with Crippen LogP contribution in [0.25, 0.3) is 6.08 Å². The molecule has 504 valence electrons. The number of fused-ring (bicyclic) bond motifs is 5. The summed E-state index contributed by atoms with van der Waals surface area (Å²) in [7, 11) is 6.11. The molecule has 10 rings (SSSR count). The standard InChI is InChI=1S/C64H98O25/c1-31-53(86-47-27-40(76-9)54(32(2)80-47)87-48-28-41(77-10)55(33(3)81-48)88-59-52(71)57(78-11)56(34(4)82-59)89-58-51(70)50(69)49(68)42(30-65)84-58)39(75-8)26-46(79-31)83-38-20-21-60(6)37(25-38)19-22-63(73)43(60)29-44(85-45(67)18-17-36-15-13-12-14-16-36)61(7)62(72,35(5)66)23-24-64(61,63)74/h12-19,31-35,38-44,46-59,65-66,68-74H,20-30H2,1-11H3/b18-17+/t31-,32-,33-,34-,35?,38+,39+,40+,41-,42-,43-,44?,46+,47+,48+,49-,50+,51-,52-,53-,54-,55-,56-,57+,58+,59+,60+,61-,62+,63+,64-/m1/s1. The van der Waals surface area contributed by atoms with Crippen LogP contribution in [0.3, 0.4) is 0 Å². The Balaban J connectivity index is 0.727. The van der Waals surface area contributed by atoms with Gasteiger partial charge in [0.25, 0.3) is 0 Å². The van der Waals surface area contributed by atoms with Crippen LogP contribution in [0.15, 0.2) is 48.1 Å². The molecule has 3 saturated carbocycles. The molecule has 25 heteroatoms. The van der Waals surface area contributed by atoms with E-state index in [0.29, 0.717) is 32.1 Å². The smallest absolute Gasteiger partial charge is 0.331 e. The molecule has 5 heterocycles. The fraction of sp³-hybridized carbons (Fsp3) is 0.828. The minimum atomic E-state index is -1.93. The molecule has 9 N–H and O–H groups in total. The average molecular weight is 1270 g/mol. The van der Waals surface area contributed by atoms with Gasteiger partial charge in [0.2, 0.25) is 0 Å². The van der Waals surface area contributed by atoms with Crippen molar-refractivity contribution in [1.82, 2.24) is 0 Å². The van der Waals surface area contributed by atoms with Gasteiger partial charge in [-0.25, -0.2) is 4.79 Å². The maximum absolute atomic E-state index is 13.7. The summed E-state index contributed by atoms with van der Waals surface area (Å²) in [6, 6.07) is 9.30. The van der Waals surface area contributed by atoms with Crippen molar-refractivity contribution in [2.24, 2.45) is 16.7 Å². The molecule has 0 spiro atoms. The third-order valence-corrected chi connectivity index (χ3v) is 22.0. The Morgan fingerprint density at radius 2 is 1.18 bits per heavy atom. The minimum Gasteiger partial charge on any atom is -0.458 e. The maximum Gasteiger partial charge on any atom is 0.331 e. The normalized spacial score (nSPS) is 49.7. The summed E-state index contributed by atoms with van der Waals surface area (Å²) in [6.07, 6.45) is -15.5. The van der Waals surface area contributed by atoms with Crippen LogP contribution in [0.1, 0.15) is 118 Å². The fourth-order valence-corrected chi connectivity index (χ4v) is 16.7. The van der Waals surface area contributed by atoms with Crippen molar-refractivity contribution in [1.29, 1.82) is 0 Å². The number of methoxy groups -OCH3 is 4. The summed E-state index contributed by atoms with van der Waals surface area (Å²) >= 11 is 0. The van der Waals surface area contributed by atoms with Gasteiger partial charge in [-0.1, -0.05) is 55.8 Å². The highest BCUT2D eigenvalue weighted by molar-refractivity contribution is 5.87. The van der Waals surface area contributed by atoms with E-state index in [1.165, 1.54) is 27.2 Å². The molecule has 5 aliphatic heterocycles. The zero-order valence-electron chi connectivity index (χ0n) is 53.0. The number of aliphatic hydroxyl groups excluding tert-OH is 6. The highest BCUT2D eigenvalue weighted by atomic mass is 16.8. The zero-order valence-corrected chi connectivity index (χ0v) is 53.0. The van der Waals surface area contributed by atoms with Gasteiger partial charge in [0.15, 0.2) is 31.5 Å². The molecule has 8 fully saturated rings. The van der Waals surface area contributed by atoms with Crippen LogP contribution in [-0.4, -0.2) is 257 Å². The van der Waals surface area contributed by atoms with Crippen LogP contribution in [-0.2, 0) is 75.8 Å². The highest BCUT2D eigenvalue weighted by Gasteiger charge is 2.81. The van der Waals surface area contributed by atoms with Crippen molar-refractivity contribution >= 4 is 12.0 Å². The second kappa shape index (κ2) is 27.5. The van der Waals surface area contributed by atoms with Gasteiger partial charge in [-0.15, -0.1) is 0 Å². The molecular weight excluding hydrogens is 1170 g/mol. The third-order valence-electron chi connectivity index (χ3n) is 22.0. The quantitative estimate of drug-likeness (QED) is 0.0542. The summed E-state index contributed by atoms with van der Waals surface area (Å²) in [5, 5.41) is 102. The molecule has 0 amide bonds. The van der Waals surface area contributed by atoms with Gasteiger partial charge in [0.1, 0.15) is 83.9 Å². The fourth-order valence-electron chi connectivity index (χ4n) is 16.7. The summed E-state index contributed by atoms with van der Waals surface area (Å²) in [5.74, 6) is -1.24. The first-order chi connectivity index (χ1) is 42.2. The van der Waals surface area contributed by atoms with E-state index in [-0.39, 0.29) is 38.2 Å². The Hall–Kier alpha value is -2.75. The minimum absolute atomic E-state index is 0.00525. The first kappa shape index (κ1) is 69.1. The Bertz CT molecular complexity index is 2580. The molecular formula is C64H98O25. The molecule has 89 heavy (non-hydrogen) atoms. The van der Waals surface area contributed by atoms with Crippen LogP contribution >= 0.6 is 0 Å². The van der Waals surface area contributed by atoms with Gasteiger partial charge in [0, 0.05) is 59.7 Å². The number of ether oxygens (including phenoxy) is 15. The summed E-state index contributed by atoms with van der Waals surface area (Å²) < 4.78 is 93.7. The molecule has 0 bridgehead atoms. The molecule has 31 atom stereocenters. The van der Waals surface area contributed by atoms with E-state index in [2.05, 4.69) is 6.92 Å². The van der Waals surface area contributed by atoms with E-state index in [4.69, 9.17) is 71.1 Å². The van der Waals surface area contributed by atoms with Gasteiger partial charge in [-0.3, -0.25) is 0 Å². The largest absolute Gasteiger partial charge is 0.458 e. The molecule has 5 saturated heterocycles. The summed E-state index contributed by atoms with van der Waals surface area (Å²) in [4.78, 5) is 13.7. The number of carbonyl (C=O) groups is 1. The van der Waals surface area contributed by atoms with Crippen molar-refractivity contribution in [2.75, 3.05) is 35.0 Å². The molecule has 1 aromatic carbocycles. The van der Waals surface area contributed by atoms with Crippen LogP contribution in [0.2, 0.25) is 0 Å². The van der Waals surface area contributed by atoms with Crippen molar-refractivity contribution in [3.05, 3.63) is 53.6 Å². The molecule has 0 radical (unpaired) electrons. The van der Waals surface area contributed by atoms with Gasteiger partial charge < -0.3 is 117 Å². The number of hydrogen-bond acceptors (Lipinski definition) is 25. The van der Waals surface area contributed by atoms with Crippen LogP contribution in [0, 0.1) is 16.7 Å². The third kappa shape index (κ3) is 12.6. The number of aliphatic hydroxyl groups is 9. The van der Waals surface area contributed by atoms with Crippen LogP contribution < -0.4 is 0 Å². The number of hydrogen-bond donors (Lipinski definition) is 9. The lowest BCUT2D eigenvalue weighted by Crippen LogP contribution is -2.78. The Kier molecular flexibility index (Phi) is 21.4. The maximum atomic E-state index is 13.7. The van der Waals surface area contributed by atoms with Crippen molar-refractivity contribution in [3.8, 4) is 0 Å². The summed E-state index contributed by atoms with van der Waals surface area (Å²) in [6.45, 7) is 11.8. The highest BCUT2D eigenvalue weighted by Crippen LogP contribution is 2.71. The predicted molar refractivity (Wildman–Crippen MR) is 311 cm³/mol. The van der Waals surface area contributed by atoms with E-state index in [0.717, 1.165) is 11.1 Å². The van der Waals surface area contributed by atoms with Gasteiger partial charge in [-0.05, 0) is 96.6 Å². The zero-order chi connectivity index (χ0) is 64.3. The van der Waals surface area contributed by atoms with Crippen molar-refractivity contribution in [2.45, 2.75) is 283 Å². The van der Waals surface area contributed by atoms with Crippen LogP contribution in [0.4, 0.5) is 0 Å². The first-order valence-electron chi connectivity index (χ1n) is 31.7. The lowest BCUT2D eigenvalue weighted by molar-refractivity contribution is -0.374. The lowest BCUT2D eigenvalue weighted by Gasteiger charge is -2.67.